The summed E-state index contributed by atoms with van der Waals surface area (Å²) in [6, 6.07) is 4.56. The Morgan fingerprint density at radius 3 is 2.31 bits per heavy atom. The van der Waals surface area contributed by atoms with E-state index in [2.05, 4.69) is 4.98 Å². The van der Waals surface area contributed by atoms with E-state index in [4.69, 9.17) is 0 Å². The third-order valence-electron chi connectivity index (χ3n) is 6.01. The molecule has 0 bridgehead atoms. The summed E-state index contributed by atoms with van der Waals surface area (Å²) >= 11 is 0. The van der Waals surface area contributed by atoms with Crippen LogP contribution in [0, 0.1) is 5.92 Å². The first kappa shape index (κ1) is 25.5. The van der Waals surface area contributed by atoms with E-state index in [1.165, 1.54) is 11.1 Å². The highest BCUT2D eigenvalue weighted by Gasteiger charge is 2.36. The Labute approximate surface area is 201 Å². The molecule has 2 heterocycles. The molecule has 2 aromatic heterocycles. The summed E-state index contributed by atoms with van der Waals surface area (Å²) in [6.45, 7) is 1.69. The molecule has 36 heavy (non-hydrogen) atoms. The fourth-order valence-corrected chi connectivity index (χ4v) is 4.08. The van der Waals surface area contributed by atoms with E-state index in [0.717, 1.165) is 34.9 Å². The molecular weight excluding hydrogens is 492 g/mol. The molecule has 1 aromatic carbocycles. The molecule has 12 heteroatoms. The Balaban J connectivity index is 1.92. The number of carboxylic acids is 1. The Bertz CT molecular complexity index is 1330. The molecule has 1 N–H and O–H groups in total. The lowest BCUT2D eigenvalue weighted by Gasteiger charge is -2.24. The lowest BCUT2D eigenvalue weighted by atomic mass is 10.1. The number of rotatable bonds is 7. The van der Waals surface area contributed by atoms with Crippen LogP contribution in [-0.4, -0.2) is 38.0 Å². The summed E-state index contributed by atoms with van der Waals surface area (Å²) in [4.78, 5) is 29.1. The first-order chi connectivity index (χ1) is 16.8. The second kappa shape index (κ2) is 9.14. The first-order valence-corrected chi connectivity index (χ1v) is 11.1. The quantitative estimate of drug-likeness (QED) is 0.427. The fourth-order valence-electron chi connectivity index (χ4n) is 4.08. The van der Waals surface area contributed by atoms with Gasteiger partial charge in [0.1, 0.15) is 11.3 Å². The highest BCUT2D eigenvalue weighted by molar-refractivity contribution is 5.87. The number of carboxylic acid groups (broad SMARTS) is 1. The third kappa shape index (κ3) is 5.17. The van der Waals surface area contributed by atoms with Crippen LogP contribution in [0.4, 0.5) is 26.3 Å². The summed E-state index contributed by atoms with van der Waals surface area (Å²) in [5, 5.41) is 9.38. The molecule has 0 unspecified atom stereocenters. The van der Waals surface area contributed by atoms with Crippen LogP contribution in [0.15, 0.2) is 36.5 Å². The Morgan fingerprint density at radius 1 is 1.06 bits per heavy atom. The number of halogens is 6. The van der Waals surface area contributed by atoms with Crippen LogP contribution >= 0.6 is 0 Å². The number of hydrogen-bond acceptors (Lipinski definition) is 3. The van der Waals surface area contributed by atoms with Crippen LogP contribution in [0.5, 0.6) is 0 Å². The van der Waals surface area contributed by atoms with Gasteiger partial charge in [-0.05, 0) is 61.2 Å². The summed E-state index contributed by atoms with van der Waals surface area (Å²) in [7, 11) is 0. The van der Waals surface area contributed by atoms with Gasteiger partial charge in [0.05, 0.1) is 17.7 Å². The number of benzene rings is 1. The maximum absolute atomic E-state index is 13.5. The van der Waals surface area contributed by atoms with E-state index in [0.29, 0.717) is 12.8 Å². The molecule has 0 spiro atoms. The van der Waals surface area contributed by atoms with Crippen molar-refractivity contribution in [3.8, 4) is 5.69 Å². The maximum Gasteiger partial charge on any atom is 0.433 e. The Kier molecular flexibility index (Phi) is 6.48. The van der Waals surface area contributed by atoms with Crippen molar-refractivity contribution in [2.45, 2.75) is 45.1 Å². The zero-order valence-corrected chi connectivity index (χ0v) is 19.0. The summed E-state index contributed by atoms with van der Waals surface area (Å²) in [5.74, 6) is -1.64. The number of nitrogens with zero attached hydrogens (tertiary/aromatic N) is 3. The smallest absolute Gasteiger partial charge is 0.433 e. The number of alkyl halides is 6. The average Bonchev–Trinajstić information content (AvgIpc) is 3.58. The zero-order valence-electron chi connectivity index (χ0n) is 19.0. The molecule has 0 aliphatic heterocycles. The van der Waals surface area contributed by atoms with Crippen LogP contribution in [0.3, 0.4) is 0 Å². The van der Waals surface area contributed by atoms with Gasteiger partial charge in [0, 0.05) is 30.6 Å². The van der Waals surface area contributed by atoms with Gasteiger partial charge in [-0.1, -0.05) is 0 Å². The first-order valence-electron chi connectivity index (χ1n) is 11.1. The molecule has 0 saturated heterocycles. The van der Waals surface area contributed by atoms with Crippen molar-refractivity contribution < 1.29 is 41.0 Å². The highest BCUT2D eigenvalue weighted by Crippen LogP contribution is 2.36. The lowest BCUT2D eigenvalue weighted by molar-refractivity contribution is -0.141. The molecule has 3 aromatic rings. The van der Waals surface area contributed by atoms with Gasteiger partial charge in [-0.2, -0.15) is 26.3 Å². The molecule has 1 amide bonds. The number of amides is 1. The van der Waals surface area contributed by atoms with Crippen molar-refractivity contribution >= 4 is 22.9 Å². The van der Waals surface area contributed by atoms with E-state index in [-0.39, 0.29) is 52.8 Å². The fraction of sp³-hybridized carbons (Fsp3) is 0.375. The van der Waals surface area contributed by atoms with Crippen molar-refractivity contribution in [3.63, 3.8) is 0 Å². The maximum atomic E-state index is 13.5. The van der Waals surface area contributed by atoms with Gasteiger partial charge in [-0.3, -0.25) is 9.59 Å². The van der Waals surface area contributed by atoms with Gasteiger partial charge in [0.2, 0.25) is 5.91 Å². The molecule has 192 valence electrons. The minimum absolute atomic E-state index is 0.0404. The van der Waals surface area contributed by atoms with Gasteiger partial charge in [-0.15, -0.1) is 0 Å². The van der Waals surface area contributed by atoms with Crippen LogP contribution in [-0.2, 0) is 34.9 Å². The molecular formula is C24H21F6N3O3. The Morgan fingerprint density at radius 2 is 1.75 bits per heavy atom. The van der Waals surface area contributed by atoms with Crippen molar-refractivity contribution in [1.29, 1.82) is 0 Å². The molecule has 1 aliphatic carbocycles. The predicted molar refractivity (Wildman–Crippen MR) is 116 cm³/mol. The van der Waals surface area contributed by atoms with E-state index in [1.54, 1.807) is 6.92 Å². The topological polar surface area (TPSA) is 75.4 Å². The van der Waals surface area contributed by atoms with Crippen molar-refractivity contribution in [3.05, 3.63) is 58.9 Å². The number of aromatic nitrogens is 2. The van der Waals surface area contributed by atoms with Crippen molar-refractivity contribution in [2.75, 3.05) is 6.54 Å². The normalized spacial score (nSPS) is 14.3. The van der Waals surface area contributed by atoms with Crippen LogP contribution in [0.1, 0.15) is 42.1 Å². The van der Waals surface area contributed by atoms with Crippen LogP contribution < -0.4 is 0 Å². The molecule has 4 rings (SSSR count). The van der Waals surface area contributed by atoms with Gasteiger partial charge in [0.25, 0.3) is 0 Å². The zero-order chi connectivity index (χ0) is 26.4. The van der Waals surface area contributed by atoms with E-state index in [9.17, 15) is 41.0 Å². The van der Waals surface area contributed by atoms with Gasteiger partial charge in [-0.25, -0.2) is 4.98 Å². The number of fused-ring (bicyclic) bond motifs is 1. The molecule has 1 aliphatic rings. The molecule has 6 nitrogen and oxygen atoms in total. The van der Waals surface area contributed by atoms with Crippen molar-refractivity contribution in [1.82, 2.24) is 14.5 Å². The van der Waals surface area contributed by atoms with Crippen LogP contribution in [0.2, 0.25) is 0 Å². The van der Waals surface area contributed by atoms with Crippen molar-refractivity contribution in [2.24, 2.45) is 5.92 Å². The SMILES string of the molecule is CCN(Cc1cc(C(F)(F)F)ccc1-n1cc(CC(=O)O)c2ccc(C(F)(F)F)nc21)C(=O)C1CC1. The lowest BCUT2D eigenvalue weighted by Crippen LogP contribution is -2.32. The van der Waals surface area contributed by atoms with Gasteiger partial charge in [0.15, 0.2) is 0 Å². The monoisotopic (exact) mass is 513 g/mol. The minimum Gasteiger partial charge on any atom is -0.481 e. The van der Waals surface area contributed by atoms with E-state index < -0.39 is 36.0 Å². The molecule has 1 fully saturated rings. The minimum atomic E-state index is -4.80. The Hall–Kier alpha value is -3.57. The predicted octanol–water partition coefficient (Wildman–Crippen LogP) is 5.45. The summed E-state index contributed by atoms with van der Waals surface area (Å²) in [5.41, 5.74) is -2.21. The second-order valence-electron chi connectivity index (χ2n) is 8.63. The summed E-state index contributed by atoms with van der Waals surface area (Å²) < 4.78 is 81.8. The largest absolute Gasteiger partial charge is 0.481 e. The van der Waals surface area contributed by atoms with Crippen LogP contribution in [0.25, 0.3) is 16.7 Å². The molecule has 1 saturated carbocycles. The molecule has 0 radical (unpaired) electrons. The second-order valence-corrected chi connectivity index (χ2v) is 8.63. The standard InChI is InChI=1S/C24H21F6N3O3/c1-2-32(22(36)13-3-4-13)11-15-9-16(23(25,26)27)5-7-18(15)33-12-14(10-20(34)35)17-6-8-19(24(28,29)30)31-21(17)33/h5-9,12-13H,2-4,10-11H2,1H3,(H,34,35). The average molecular weight is 513 g/mol. The number of hydrogen-bond donors (Lipinski definition) is 1. The van der Waals surface area contributed by atoms with E-state index in [1.807, 2.05) is 0 Å². The van der Waals surface area contributed by atoms with Gasteiger partial charge >= 0.3 is 18.3 Å². The molecule has 0 atom stereocenters. The number of pyridine rings is 1. The van der Waals surface area contributed by atoms with E-state index >= 15 is 0 Å². The third-order valence-corrected chi connectivity index (χ3v) is 6.01. The highest BCUT2D eigenvalue weighted by atomic mass is 19.4. The summed E-state index contributed by atoms with van der Waals surface area (Å²) in [6.07, 6.45) is -7.38. The number of carbonyl (C=O) groups excluding carboxylic acids is 1. The number of carbonyl (C=O) groups is 2. The van der Waals surface area contributed by atoms with Gasteiger partial charge < -0.3 is 14.6 Å². The number of aliphatic carboxylic acids is 1.